The first-order valence-electron chi connectivity index (χ1n) is 5.99. The van der Waals surface area contributed by atoms with Crippen LogP contribution in [0, 0.1) is 12.8 Å². The highest BCUT2D eigenvalue weighted by atomic mass is 35.5. The number of rotatable bonds is 3. The summed E-state index contributed by atoms with van der Waals surface area (Å²) in [5, 5.41) is 0. The maximum absolute atomic E-state index is 5.91. The zero-order chi connectivity index (χ0) is 12.4. The molecule has 0 N–H and O–H groups in total. The van der Waals surface area contributed by atoms with E-state index in [0.717, 1.165) is 29.0 Å². The Bertz CT molecular complexity index is 412. The van der Waals surface area contributed by atoms with E-state index in [1.807, 2.05) is 6.92 Å². The lowest BCUT2D eigenvalue weighted by molar-refractivity contribution is -0.137. The molecule has 2 heterocycles. The highest BCUT2D eigenvalue weighted by Crippen LogP contribution is 2.34. The average molecular weight is 292 g/mol. The van der Waals surface area contributed by atoms with Crippen LogP contribution in [-0.4, -0.2) is 11.3 Å². The maximum Gasteiger partial charge on any atom is 0.202 e. The van der Waals surface area contributed by atoms with E-state index in [2.05, 4.69) is 18.8 Å². The summed E-state index contributed by atoms with van der Waals surface area (Å²) in [6.45, 7) is 6.78. The maximum atomic E-state index is 5.91. The molecule has 0 saturated heterocycles. The Kier molecular flexibility index (Phi) is 5.70. The van der Waals surface area contributed by atoms with E-state index in [-0.39, 0.29) is 18.7 Å². The van der Waals surface area contributed by atoms with Gasteiger partial charge >= 0.3 is 0 Å². The van der Waals surface area contributed by atoms with E-state index in [0.29, 0.717) is 18.4 Å². The van der Waals surface area contributed by atoms with E-state index in [1.54, 1.807) is 6.20 Å². The summed E-state index contributed by atoms with van der Waals surface area (Å²) in [7, 11) is 0. The van der Waals surface area contributed by atoms with Gasteiger partial charge < -0.3 is 9.47 Å². The molecule has 1 aromatic rings. The van der Waals surface area contributed by atoms with Crippen molar-refractivity contribution in [3.63, 3.8) is 0 Å². The second-order valence-electron chi connectivity index (χ2n) is 4.49. The monoisotopic (exact) mass is 291 g/mol. The summed E-state index contributed by atoms with van der Waals surface area (Å²) >= 11 is 5.89. The largest absolute Gasteiger partial charge is 0.462 e. The van der Waals surface area contributed by atoms with Crippen molar-refractivity contribution in [1.82, 2.24) is 4.98 Å². The molecule has 0 saturated carbocycles. The third-order valence-electron chi connectivity index (χ3n) is 3.28. The summed E-state index contributed by atoms with van der Waals surface area (Å²) in [5.41, 5.74) is 2.95. The first kappa shape index (κ1) is 15.5. The van der Waals surface area contributed by atoms with Crippen LogP contribution in [0.25, 0.3) is 0 Å². The molecule has 3 nitrogen and oxygen atoms in total. The van der Waals surface area contributed by atoms with Gasteiger partial charge in [0.25, 0.3) is 0 Å². The van der Waals surface area contributed by atoms with Gasteiger partial charge in [-0.15, -0.1) is 24.0 Å². The van der Waals surface area contributed by atoms with Crippen LogP contribution >= 0.6 is 24.0 Å². The predicted octanol–water partition coefficient (Wildman–Crippen LogP) is 3.83. The van der Waals surface area contributed by atoms with Crippen molar-refractivity contribution < 1.29 is 9.47 Å². The van der Waals surface area contributed by atoms with Gasteiger partial charge in [-0.3, -0.25) is 4.98 Å². The number of alkyl halides is 1. The third kappa shape index (κ3) is 2.90. The zero-order valence-electron chi connectivity index (χ0n) is 10.9. The van der Waals surface area contributed by atoms with Gasteiger partial charge in [0.05, 0.1) is 12.3 Å². The molecule has 0 aromatic carbocycles. The first-order chi connectivity index (χ1) is 8.17. The fourth-order valence-electron chi connectivity index (χ4n) is 1.89. The van der Waals surface area contributed by atoms with Crippen LogP contribution in [0.2, 0.25) is 0 Å². The number of fused-ring (bicyclic) bond motifs is 1. The highest BCUT2D eigenvalue weighted by Gasteiger charge is 2.27. The number of ether oxygens (including phenoxy) is 2. The van der Waals surface area contributed by atoms with Crippen LogP contribution in [0.4, 0.5) is 0 Å². The smallest absolute Gasteiger partial charge is 0.202 e. The lowest BCUT2D eigenvalue weighted by Gasteiger charge is -2.31. The zero-order valence-corrected chi connectivity index (χ0v) is 12.5. The van der Waals surface area contributed by atoms with Gasteiger partial charge in [-0.05, 0) is 18.9 Å². The van der Waals surface area contributed by atoms with Crippen LogP contribution in [0.5, 0.6) is 5.75 Å². The Morgan fingerprint density at radius 2 is 2.28 bits per heavy atom. The topological polar surface area (TPSA) is 31.4 Å². The number of hydrogen-bond acceptors (Lipinski definition) is 3. The predicted molar refractivity (Wildman–Crippen MR) is 74.4 cm³/mol. The van der Waals surface area contributed by atoms with Gasteiger partial charge in [0.2, 0.25) is 6.29 Å². The van der Waals surface area contributed by atoms with Crippen LogP contribution in [-0.2, 0) is 17.2 Å². The normalized spacial score (nSPS) is 19.4. The Hall–Kier alpha value is -0.510. The fourth-order valence-corrected chi connectivity index (χ4v) is 2.12. The van der Waals surface area contributed by atoms with E-state index >= 15 is 0 Å². The number of pyridine rings is 1. The molecule has 0 spiro atoms. The second kappa shape index (κ2) is 6.60. The highest BCUT2D eigenvalue weighted by molar-refractivity contribution is 6.17. The summed E-state index contributed by atoms with van der Waals surface area (Å²) in [4.78, 5) is 4.32. The minimum absolute atomic E-state index is 0. The third-order valence-corrected chi connectivity index (χ3v) is 3.57. The van der Waals surface area contributed by atoms with Crippen LogP contribution in [0.3, 0.4) is 0 Å². The summed E-state index contributed by atoms with van der Waals surface area (Å²) in [6, 6.07) is 0. The van der Waals surface area contributed by atoms with Gasteiger partial charge in [-0.2, -0.15) is 0 Å². The molecule has 0 aliphatic carbocycles. The molecule has 0 bridgehead atoms. The molecule has 1 aliphatic rings. The van der Waals surface area contributed by atoms with Gasteiger partial charge in [0, 0.05) is 23.6 Å². The molecule has 1 aromatic heterocycles. The summed E-state index contributed by atoms with van der Waals surface area (Å²) in [5.74, 6) is 1.68. The molecule has 102 valence electrons. The molecule has 0 radical (unpaired) electrons. The van der Waals surface area contributed by atoms with Gasteiger partial charge in [-0.25, -0.2) is 0 Å². The van der Waals surface area contributed by atoms with Gasteiger partial charge in [0.15, 0.2) is 0 Å². The van der Waals surface area contributed by atoms with E-state index in [4.69, 9.17) is 21.1 Å². The van der Waals surface area contributed by atoms with Crippen molar-refractivity contribution in [1.29, 1.82) is 0 Å². The molecule has 2 atom stereocenters. The summed E-state index contributed by atoms with van der Waals surface area (Å²) in [6.07, 6.45) is 2.66. The standard InChI is InChI=1S/C13H18ClNO2.ClH/c1-4-8(2)13-16-7-11-10(5-14)6-15-9(3)12(11)17-13;/h6,8,13H,4-5,7H2,1-3H3;1H. The van der Waals surface area contributed by atoms with Crippen LogP contribution in [0.1, 0.15) is 37.1 Å². The molecule has 0 fully saturated rings. The molecule has 18 heavy (non-hydrogen) atoms. The Morgan fingerprint density at radius 1 is 1.56 bits per heavy atom. The van der Waals surface area contributed by atoms with Crippen molar-refractivity contribution >= 4 is 24.0 Å². The van der Waals surface area contributed by atoms with Crippen molar-refractivity contribution in [2.75, 3.05) is 0 Å². The Morgan fingerprint density at radius 3 is 2.89 bits per heavy atom. The SMILES string of the molecule is CCC(C)C1OCc2c(CCl)cnc(C)c2O1.Cl. The quantitative estimate of drug-likeness (QED) is 0.793. The lowest BCUT2D eigenvalue weighted by Crippen LogP contribution is -2.32. The van der Waals surface area contributed by atoms with Crippen molar-refractivity contribution in [3.8, 4) is 5.75 Å². The Balaban J connectivity index is 0.00000162. The van der Waals surface area contributed by atoms with Crippen molar-refractivity contribution in [3.05, 3.63) is 23.0 Å². The number of hydrogen-bond donors (Lipinski definition) is 0. The lowest BCUT2D eigenvalue weighted by atomic mass is 10.1. The van der Waals surface area contributed by atoms with Crippen molar-refractivity contribution in [2.24, 2.45) is 5.92 Å². The number of aromatic nitrogens is 1. The van der Waals surface area contributed by atoms with E-state index in [1.165, 1.54) is 0 Å². The van der Waals surface area contributed by atoms with Crippen LogP contribution in [0.15, 0.2) is 6.20 Å². The van der Waals surface area contributed by atoms with E-state index < -0.39 is 0 Å². The first-order valence-corrected chi connectivity index (χ1v) is 6.52. The number of nitrogens with zero attached hydrogens (tertiary/aromatic N) is 1. The molecule has 1 aliphatic heterocycles. The van der Waals surface area contributed by atoms with Crippen molar-refractivity contribution in [2.45, 2.75) is 46.0 Å². The average Bonchev–Trinajstić information content (AvgIpc) is 2.38. The van der Waals surface area contributed by atoms with Gasteiger partial charge in [0.1, 0.15) is 5.75 Å². The summed E-state index contributed by atoms with van der Waals surface area (Å²) < 4.78 is 11.7. The number of halogens is 2. The molecule has 2 unspecified atom stereocenters. The van der Waals surface area contributed by atoms with E-state index in [9.17, 15) is 0 Å². The molecule has 2 rings (SSSR count). The molecular weight excluding hydrogens is 273 g/mol. The molecular formula is C13H19Cl2NO2. The van der Waals surface area contributed by atoms with Crippen LogP contribution < -0.4 is 4.74 Å². The molecule has 0 amide bonds. The Labute approximate surface area is 119 Å². The minimum atomic E-state index is -0.168. The second-order valence-corrected chi connectivity index (χ2v) is 4.76. The van der Waals surface area contributed by atoms with Gasteiger partial charge in [-0.1, -0.05) is 13.8 Å². The molecule has 5 heteroatoms. The fraction of sp³-hybridized carbons (Fsp3) is 0.615. The number of aryl methyl sites for hydroxylation is 1. The minimum Gasteiger partial charge on any atom is -0.462 e.